The summed E-state index contributed by atoms with van der Waals surface area (Å²) < 4.78 is 1.71. The van der Waals surface area contributed by atoms with Crippen LogP contribution in [-0.4, -0.2) is 29.9 Å². The summed E-state index contributed by atoms with van der Waals surface area (Å²) >= 11 is 0. The molecule has 27 heavy (non-hydrogen) atoms. The van der Waals surface area contributed by atoms with E-state index in [1.165, 1.54) is 0 Å². The van der Waals surface area contributed by atoms with Gasteiger partial charge < -0.3 is 5.73 Å². The standard InChI is InChI=1S/C19H14N8/c20-9-13-3-1-5-15(7-13)16-8-17(24-19(21)23-16)18-12-27(26-25-18)11-14-4-2-6-22-10-14/h1-8,10,12H,11H2,(H2,21,23,24). The fraction of sp³-hybridized carbons (Fsp3) is 0.0526. The lowest BCUT2D eigenvalue weighted by Gasteiger charge is -2.04. The summed E-state index contributed by atoms with van der Waals surface area (Å²) in [6, 6.07) is 14.9. The molecule has 8 heteroatoms. The van der Waals surface area contributed by atoms with Gasteiger partial charge in [0.2, 0.25) is 5.95 Å². The van der Waals surface area contributed by atoms with Gasteiger partial charge in [0.15, 0.2) is 0 Å². The smallest absolute Gasteiger partial charge is 0.221 e. The first-order valence-corrected chi connectivity index (χ1v) is 8.16. The number of benzene rings is 1. The topological polar surface area (TPSA) is 119 Å². The summed E-state index contributed by atoms with van der Waals surface area (Å²) in [6.45, 7) is 0.554. The van der Waals surface area contributed by atoms with E-state index in [4.69, 9.17) is 11.0 Å². The maximum atomic E-state index is 9.09. The van der Waals surface area contributed by atoms with E-state index in [2.05, 4.69) is 31.3 Å². The number of hydrogen-bond acceptors (Lipinski definition) is 7. The molecule has 0 fully saturated rings. The van der Waals surface area contributed by atoms with Crippen LogP contribution in [0.2, 0.25) is 0 Å². The van der Waals surface area contributed by atoms with Crippen LogP contribution in [0.4, 0.5) is 5.95 Å². The number of aromatic nitrogens is 6. The minimum atomic E-state index is 0.131. The Hall–Kier alpha value is -4.12. The van der Waals surface area contributed by atoms with Crippen LogP contribution in [0.25, 0.3) is 22.6 Å². The summed E-state index contributed by atoms with van der Waals surface area (Å²) in [5.41, 5.74) is 10.0. The van der Waals surface area contributed by atoms with Gasteiger partial charge in [-0.1, -0.05) is 23.4 Å². The zero-order valence-electron chi connectivity index (χ0n) is 14.2. The molecule has 0 aliphatic heterocycles. The second-order valence-corrected chi connectivity index (χ2v) is 5.85. The van der Waals surface area contributed by atoms with E-state index < -0.39 is 0 Å². The average molecular weight is 354 g/mol. The van der Waals surface area contributed by atoms with Gasteiger partial charge in [0, 0.05) is 18.0 Å². The van der Waals surface area contributed by atoms with Gasteiger partial charge in [0.05, 0.1) is 35.8 Å². The first-order valence-electron chi connectivity index (χ1n) is 8.16. The maximum absolute atomic E-state index is 9.09. The third-order valence-electron chi connectivity index (χ3n) is 3.90. The van der Waals surface area contributed by atoms with E-state index >= 15 is 0 Å². The zero-order valence-corrected chi connectivity index (χ0v) is 14.2. The molecule has 2 N–H and O–H groups in total. The Kier molecular flexibility index (Phi) is 4.25. The van der Waals surface area contributed by atoms with E-state index in [1.54, 1.807) is 47.5 Å². The van der Waals surface area contributed by atoms with E-state index in [-0.39, 0.29) is 5.95 Å². The third-order valence-corrected chi connectivity index (χ3v) is 3.90. The SMILES string of the molecule is N#Cc1cccc(-c2cc(-c3cn(Cc4cccnc4)nn3)nc(N)n2)c1. The molecule has 0 unspecified atom stereocenters. The summed E-state index contributed by atoms with van der Waals surface area (Å²) in [7, 11) is 0. The highest BCUT2D eigenvalue weighted by Crippen LogP contribution is 2.24. The molecule has 130 valence electrons. The molecule has 0 bridgehead atoms. The Morgan fingerprint density at radius 1 is 1.04 bits per heavy atom. The normalized spacial score (nSPS) is 10.5. The highest BCUT2D eigenvalue weighted by Gasteiger charge is 2.11. The summed E-state index contributed by atoms with van der Waals surface area (Å²) in [6.07, 6.45) is 5.30. The maximum Gasteiger partial charge on any atom is 0.221 e. The number of pyridine rings is 1. The van der Waals surface area contributed by atoms with Gasteiger partial charge in [0.25, 0.3) is 0 Å². The number of nitrogens with two attached hydrogens (primary N) is 1. The predicted molar refractivity (Wildman–Crippen MR) is 99.0 cm³/mol. The Morgan fingerprint density at radius 2 is 1.93 bits per heavy atom. The lowest BCUT2D eigenvalue weighted by atomic mass is 10.1. The van der Waals surface area contributed by atoms with E-state index in [9.17, 15) is 0 Å². The second kappa shape index (κ2) is 7.01. The van der Waals surface area contributed by atoms with Gasteiger partial charge in [-0.05, 0) is 29.8 Å². The van der Waals surface area contributed by atoms with Gasteiger partial charge in [0.1, 0.15) is 5.69 Å². The molecule has 4 rings (SSSR count). The highest BCUT2D eigenvalue weighted by atomic mass is 15.4. The van der Waals surface area contributed by atoms with Crippen LogP contribution >= 0.6 is 0 Å². The molecule has 3 aromatic heterocycles. The van der Waals surface area contributed by atoms with Crippen LogP contribution in [0.3, 0.4) is 0 Å². The molecule has 0 radical (unpaired) electrons. The molecule has 4 aromatic rings. The summed E-state index contributed by atoms with van der Waals surface area (Å²) in [5.74, 6) is 0.131. The number of hydrogen-bond donors (Lipinski definition) is 1. The molecule has 0 aliphatic rings. The molecule has 8 nitrogen and oxygen atoms in total. The fourth-order valence-electron chi connectivity index (χ4n) is 2.66. The number of nitriles is 1. The Bertz CT molecular complexity index is 1130. The molecule has 1 aromatic carbocycles. The highest BCUT2D eigenvalue weighted by molar-refractivity contribution is 5.68. The minimum Gasteiger partial charge on any atom is -0.368 e. The van der Waals surface area contributed by atoms with Crippen molar-refractivity contribution in [1.82, 2.24) is 29.9 Å². The van der Waals surface area contributed by atoms with Crippen LogP contribution in [0.1, 0.15) is 11.1 Å². The summed E-state index contributed by atoms with van der Waals surface area (Å²) in [4.78, 5) is 12.6. The van der Waals surface area contributed by atoms with Crippen LogP contribution in [0, 0.1) is 11.3 Å². The van der Waals surface area contributed by atoms with E-state index in [1.807, 2.05) is 18.2 Å². The number of anilines is 1. The van der Waals surface area contributed by atoms with Crippen molar-refractivity contribution in [2.75, 3.05) is 5.73 Å². The Balaban J connectivity index is 1.66. The molecule has 0 atom stereocenters. The van der Waals surface area contributed by atoms with E-state index in [0.29, 0.717) is 29.2 Å². The fourth-order valence-corrected chi connectivity index (χ4v) is 2.66. The Labute approximate surface area is 155 Å². The van der Waals surface area contributed by atoms with Crippen molar-refractivity contribution < 1.29 is 0 Å². The molecular formula is C19H14N8. The van der Waals surface area contributed by atoms with Crippen LogP contribution in [0.5, 0.6) is 0 Å². The molecule has 0 saturated carbocycles. The van der Waals surface area contributed by atoms with Gasteiger partial charge >= 0.3 is 0 Å². The van der Waals surface area contributed by atoms with Crippen LogP contribution in [0.15, 0.2) is 61.1 Å². The average Bonchev–Trinajstić information content (AvgIpc) is 3.17. The quantitative estimate of drug-likeness (QED) is 0.597. The van der Waals surface area contributed by atoms with Crippen molar-refractivity contribution in [3.63, 3.8) is 0 Å². The summed E-state index contributed by atoms with van der Waals surface area (Å²) in [5, 5.41) is 17.4. The molecule has 3 heterocycles. The third kappa shape index (κ3) is 3.62. The largest absolute Gasteiger partial charge is 0.368 e. The van der Waals surface area contributed by atoms with Crippen LogP contribution in [-0.2, 0) is 6.54 Å². The van der Waals surface area contributed by atoms with Crippen molar-refractivity contribution in [3.8, 4) is 28.7 Å². The lowest BCUT2D eigenvalue weighted by Crippen LogP contribution is -2.00. The van der Waals surface area contributed by atoms with Gasteiger partial charge in [-0.25, -0.2) is 14.6 Å². The van der Waals surface area contributed by atoms with Crippen molar-refractivity contribution in [2.45, 2.75) is 6.54 Å². The molecule has 0 spiro atoms. The monoisotopic (exact) mass is 354 g/mol. The zero-order chi connectivity index (χ0) is 18.6. The molecule has 0 saturated heterocycles. The van der Waals surface area contributed by atoms with Gasteiger partial charge in [-0.2, -0.15) is 5.26 Å². The first kappa shape index (κ1) is 16.4. The lowest BCUT2D eigenvalue weighted by molar-refractivity contribution is 0.648. The van der Waals surface area contributed by atoms with Crippen molar-refractivity contribution in [3.05, 3.63) is 72.2 Å². The Morgan fingerprint density at radius 3 is 2.74 bits per heavy atom. The predicted octanol–water partition coefficient (Wildman–Crippen LogP) is 2.30. The number of nitrogens with zero attached hydrogens (tertiary/aromatic N) is 7. The number of rotatable bonds is 4. The minimum absolute atomic E-state index is 0.131. The van der Waals surface area contributed by atoms with Gasteiger partial charge in [-0.3, -0.25) is 4.98 Å². The first-order chi connectivity index (χ1) is 13.2. The second-order valence-electron chi connectivity index (χ2n) is 5.85. The molecular weight excluding hydrogens is 340 g/mol. The van der Waals surface area contributed by atoms with Gasteiger partial charge in [-0.15, -0.1) is 5.10 Å². The number of nitrogen functional groups attached to an aromatic ring is 1. The van der Waals surface area contributed by atoms with E-state index in [0.717, 1.165) is 11.1 Å². The van der Waals surface area contributed by atoms with Crippen molar-refractivity contribution >= 4 is 5.95 Å². The van der Waals surface area contributed by atoms with Crippen LogP contribution < -0.4 is 5.73 Å². The van der Waals surface area contributed by atoms with Crippen molar-refractivity contribution in [2.24, 2.45) is 0 Å². The van der Waals surface area contributed by atoms with Crippen molar-refractivity contribution in [1.29, 1.82) is 5.26 Å². The molecule has 0 amide bonds. The molecule has 0 aliphatic carbocycles.